The van der Waals surface area contributed by atoms with E-state index in [0.29, 0.717) is 6.61 Å². The number of benzene rings is 1. The maximum absolute atomic E-state index is 11.5. The van der Waals surface area contributed by atoms with Crippen molar-refractivity contribution in [2.24, 2.45) is 0 Å². The molecule has 86 valence electrons. The summed E-state index contributed by atoms with van der Waals surface area (Å²) in [6.45, 7) is 1.27. The second-order valence-corrected chi connectivity index (χ2v) is 4.66. The fourth-order valence-electron chi connectivity index (χ4n) is 1.41. The van der Waals surface area contributed by atoms with Gasteiger partial charge in [-0.25, -0.2) is 5.48 Å². The molecular weight excluding hydrogens is 224 g/mol. The van der Waals surface area contributed by atoms with E-state index < -0.39 is 0 Å². The minimum Gasteiger partial charge on any atom is -0.297 e. The van der Waals surface area contributed by atoms with Crippen LogP contribution in [0, 0.1) is 0 Å². The summed E-state index contributed by atoms with van der Waals surface area (Å²) in [5.74, 6) is 0.856. The molecule has 1 aliphatic heterocycles. The third-order valence-corrected chi connectivity index (χ3v) is 3.36. The van der Waals surface area contributed by atoms with Crippen molar-refractivity contribution in [1.29, 1.82) is 0 Å². The summed E-state index contributed by atoms with van der Waals surface area (Å²) in [5.41, 5.74) is 3.49. The Morgan fingerprint density at radius 1 is 1.50 bits per heavy atom. The monoisotopic (exact) mass is 238 g/mol. The second-order valence-electron chi connectivity index (χ2n) is 3.45. The van der Waals surface area contributed by atoms with Gasteiger partial charge in [0.2, 0.25) is 0 Å². The SMILES string of the molecule is O=C(NOCc1ccccc1)[C@H]1NCCS1. The van der Waals surface area contributed by atoms with Gasteiger partial charge in [-0.2, -0.15) is 0 Å². The van der Waals surface area contributed by atoms with E-state index in [1.807, 2.05) is 30.3 Å². The number of carbonyl (C=O) groups excluding carboxylic acids is 1. The molecule has 4 nitrogen and oxygen atoms in total. The lowest BCUT2D eigenvalue weighted by Crippen LogP contribution is -2.38. The van der Waals surface area contributed by atoms with Crippen molar-refractivity contribution in [3.8, 4) is 0 Å². The molecule has 0 unspecified atom stereocenters. The highest BCUT2D eigenvalue weighted by Crippen LogP contribution is 2.13. The molecule has 16 heavy (non-hydrogen) atoms. The van der Waals surface area contributed by atoms with Crippen LogP contribution in [0.3, 0.4) is 0 Å². The van der Waals surface area contributed by atoms with Gasteiger partial charge in [-0.1, -0.05) is 30.3 Å². The highest BCUT2D eigenvalue weighted by molar-refractivity contribution is 8.00. The van der Waals surface area contributed by atoms with Gasteiger partial charge < -0.3 is 0 Å². The van der Waals surface area contributed by atoms with Gasteiger partial charge in [0.25, 0.3) is 5.91 Å². The van der Waals surface area contributed by atoms with Gasteiger partial charge >= 0.3 is 0 Å². The zero-order valence-electron chi connectivity index (χ0n) is 8.81. The summed E-state index contributed by atoms with van der Waals surface area (Å²) in [6.07, 6.45) is 0. The first-order chi connectivity index (χ1) is 7.86. The molecule has 1 heterocycles. The summed E-state index contributed by atoms with van der Waals surface area (Å²) < 4.78 is 0. The Bertz CT molecular complexity index is 339. The number of hydrogen-bond acceptors (Lipinski definition) is 4. The number of carbonyl (C=O) groups is 1. The minimum atomic E-state index is -0.171. The van der Waals surface area contributed by atoms with E-state index in [0.717, 1.165) is 17.9 Å². The summed E-state index contributed by atoms with van der Waals surface area (Å²) in [5, 5.41) is 2.91. The number of nitrogens with one attached hydrogen (secondary N) is 2. The van der Waals surface area contributed by atoms with E-state index in [2.05, 4.69) is 10.8 Å². The van der Waals surface area contributed by atoms with Crippen LogP contribution in [0.1, 0.15) is 5.56 Å². The minimum absolute atomic E-state index is 0.113. The summed E-state index contributed by atoms with van der Waals surface area (Å²) in [4.78, 5) is 16.7. The van der Waals surface area contributed by atoms with Crippen LogP contribution in [0.15, 0.2) is 30.3 Å². The number of amides is 1. The van der Waals surface area contributed by atoms with Gasteiger partial charge in [0.15, 0.2) is 0 Å². The maximum atomic E-state index is 11.5. The molecule has 1 aromatic carbocycles. The molecule has 1 amide bonds. The van der Waals surface area contributed by atoms with Crippen LogP contribution in [-0.2, 0) is 16.2 Å². The van der Waals surface area contributed by atoms with Crippen molar-refractivity contribution in [3.05, 3.63) is 35.9 Å². The van der Waals surface area contributed by atoms with Crippen molar-refractivity contribution in [2.75, 3.05) is 12.3 Å². The van der Waals surface area contributed by atoms with E-state index in [4.69, 9.17) is 4.84 Å². The van der Waals surface area contributed by atoms with E-state index >= 15 is 0 Å². The summed E-state index contributed by atoms with van der Waals surface area (Å²) in [7, 11) is 0. The van der Waals surface area contributed by atoms with Crippen LogP contribution in [0.2, 0.25) is 0 Å². The largest absolute Gasteiger partial charge is 0.297 e. The highest BCUT2D eigenvalue weighted by atomic mass is 32.2. The zero-order chi connectivity index (χ0) is 11.2. The van der Waals surface area contributed by atoms with Crippen LogP contribution in [-0.4, -0.2) is 23.6 Å². The molecule has 2 rings (SSSR count). The third kappa shape index (κ3) is 3.23. The number of thioether (sulfide) groups is 1. The fourth-order valence-corrected chi connectivity index (χ4v) is 2.32. The van der Waals surface area contributed by atoms with Crippen LogP contribution < -0.4 is 10.8 Å². The van der Waals surface area contributed by atoms with Crippen molar-refractivity contribution in [3.63, 3.8) is 0 Å². The first-order valence-electron chi connectivity index (χ1n) is 5.17. The van der Waals surface area contributed by atoms with Crippen molar-refractivity contribution in [2.45, 2.75) is 12.0 Å². The van der Waals surface area contributed by atoms with Gasteiger partial charge in [-0.05, 0) is 5.56 Å². The van der Waals surface area contributed by atoms with Crippen molar-refractivity contribution >= 4 is 17.7 Å². The van der Waals surface area contributed by atoms with E-state index in [1.54, 1.807) is 11.8 Å². The molecule has 5 heteroatoms. The normalized spacial score (nSPS) is 19.6. The van der Waals surface area contributed by atoms with E-state index in [1.165, 1.54) is 0 Å². The zero-order valence-corrected chi connectivity index (χ0v) is 9.63. The Morgan fingerprint density at radius 2 is 2.31 bits per heavy atom. The molecule has 0 spiro atoms. The van der Waals surface area contributed by atoms with Gasteiger partial charge in [-0.3, -0.25) is 14.9 Å². The highest BCUT2D eigenvalue weighted by Gasteiger charge is 2.22. The predicted octanol–water partition coefficient (Wildman–Crippen LogP) is 0.897. The predicted molar refractivity (Wildman–Crippen MR) is 63.6 cm³/mol. The smallest absolute Gasteiger partial charge is 0.271 e. The quantitative estimate of drug-likeness (QED) is 0.765. The Hall–Kier alpha value is -1.04. The first-order valence-corrected chi connectivity index (χ1v) is 6.22. The molecule has 0 radical (unpaired) electrons. The third-order valence-electron chi connectivity index (χ3n) is 2.21. The Balaban J connectivity index is 1.70. The lowest BCUT2D eigenvalue weighted by Gasteiger charge is -2.10. The maximum Gasteiger partial charge on any atom is 0.271 e. The van der Waals surface area contributed by atoms with Crippen molar-refractivity contribution in [1.82, 2.24) is 10.8 Å². The van der Waals surface area contributed by atoms with E-state index in [-0.39, 0.29) is 11.3 Å². The Labute approximate surface area is 98.7 Å². The molecular formula is C11H14N2O2S. The summed E-state index contributed by atoms with van der Waals surface area (Å²) >= 11 is 1.59. The molecule has 1 fully saturated rings. The standard InChI is InChI=1S/C11H14N2O2S/c14-10(11-12-6-7-16-11)13-15-8-9-4-2-1-3-5-9/h1-5,11-12H,6-8H2,(H,13,14)/t11-/m0/s1. The van der Waals surface area contributed by atoms with E-state index in [9.17, 15) is 4.79 Å². The lowest BCUT2D eigenvalue weighted by atomic mass is 10.2. The van der Waals surface area contributed by atoms with Gasteiger partial charge in [-0.15, -0.1) is 11.8 Å². The second kappa shape index (κ2) is 5.89. The fraction of sp³-hybridized carbons (Fsp3) is 0.364. The average Bonchev–Trinajstić information content (AvgIpc) is 2.84. The molecule has 0 aliphatic carbocycles. The molecule has 0 saturated carbocycles. The van der Waals surface area contributed by atoms with Crippen LogP contribution >= 0.6 is 11.8 Å². The van der Waals surface area contributed by atoms with Crippen LogP contribution in [0.5, 0.6) is 0 Å². The van der Waals surface area contributed by atoms with Gasteiger partial charge in [0.05, 0.1) is 6.61 Å². The average molecular weight is 238 g/mol. The molecule has 1 atom stereocenters. The van der Waals surface area contributed by atoms with Gasteiger partial charge in [0, 0.05) is 12.3 Å². The molecule has 1 aromatic rings. The number of hydrogen-bond donors (Lipinski definition) is 2. The number of hydroxylamine groups is 1. The molecule has 0 bridgehead atoms. The number of rotatable bonds is 4. The molecule has 0 aromatic heterocycles. The molecule has 2 N–H and O–H groups in total. The summed E-state index contributed by atoms with van der Waals surface area (Å²) in [6, 6.07) is 9.73. The lowest BCUT2D eigenvalue weighted by molar-refractivity contribution is -0.134. The van der Waals surface area contributed by atoms with Crippen LogP contribution in [0.25, 0.3) is 0 Å². The van der Waals surface area contributed by atoms with Crippen LogP contribution in [0.4, 0.5) is 0 Å². The molecule has 1 aliphatic rings. The van der Waals surface area contributed by atoms with Crippen molar-refractivity contribution < 1.29 is 9.63 Å². The Morgan fingerprint density at radius 3 is 3.00 bits per heavy atom. The topological polar surface area (TPSA) is 50.4 Å². The molecule has 1 saturated heterocycles. The first kappa shape index (κ1) is 11.4. The Kier molecular flexibility index (Phi) is 4.21. The van der Waals surface area contributed by atoms with Gasteiger partial charge in [0.1, 0.15) is 5.37 Å².